The van der Waals surface area contributed by atoms with Crippen molar-refractivity contribution in [3.05, 3.63) is 82.0 Å². The predicted octanol–water partition coefficient (Wildman–Crippen LogP) is 4.63. The Bertz CT molecular complexity index is 1020. The van der Waals surface area contributed by atoms with Gasteiger partial charge in [-0.25, -0.2) is 0 Å². The molecule has 4 rings (SSSR count). The summed E-state index contributed by atoms with van der Waals surface area (Å²) in [6.45, 7) is 2.91. The summed E-state index contributed by atoms with van der Waals surface area (Å²) in [5, 5.41) is 4.92. The Kier molecular flexibility index (Phi) is 6.14. The molecule has 1 atom stereocenters. The van der Waals surface area contributed by atoms with Gasteiger partial charge in [0.05, 0.1) is 6.42 Å². The molecule has 2 heterocycles. The monoisotopic (exact) mass is 420 g/mol. The Morgan fingerprint density at radius 3 is 2.73 bits per heavy atom. The predicted molar refractivity (Wildman–Crippen MR) is 118 cm³/mol. The molecule has 0 saturated heterocycles. The van der Waals surface area contributed by atoms with E-state index in [1.54, 1.807) is 11.3 Å². The first kappa shape index (κ1) is 20.2. The molecule has 6 heteroatoms. The van der Waals surface area contributed by atoms with Crippen molar-refractivity contribution in [1.82, 2.24) is 4.90 Å². The number of rotatable bonds is 6. The Hall–Kier alpha value is -3.12. The third-order valence-electron chi connectivity index (χ3n) is 5.06. The molecule has 0 fully saturated rings. The molecule has 1 aliphatic heterocycles. The van der Waals surface area contributed by atoms with E-state index in [4.69, 9.17) is 4.74 Å². The second-order valence-electron chi connectivity index (χ2n) is 7.32. The zero-order chi connectivity index (χ0) is 20.9. The van der Waals surface area contributed by atoms with Crippen LogP contribution in [0.25, 0.3) is 0 Å². The topological polar surface area (TPSA) is 58.6 Å². The van der Waals surface area contributed by atoms with Gasteiger partial charge in [0.1, 0.15) is 5.75 Å². The van der Waals surface area contributed by atoms with Gasteiger partial charge in [0.2, 0.25) is 5.91 Å². The molecule has 0 unspecified atom stereocenters. The third-order valence-corrected chi connectivity index (χ3v) is 5.94. The van der Waals surface area contributed by atoms with E-state index in [-0.39, 0.29) is 11.8 Å². The average Bonchev–Trinajstić information content (AvgIpc) is 3.21. The summed E-state index contributed by atoms with van der Waals surface area (Å²) in [4.78, 5) is 28.2. The van der Waals surface area contributed by atoms with Crippen LogP contribution in [0.1, 0.15) is 29.3 Å². The van der Waals surface area contributed by atoms with E-state index >= 15 is 0 Å². The van der Waals surface area contributed by atoms with E-state index < -0.39 is 6.10 Å². The standard InChI is InChI=1S/C24H24N2O3S/c1-2-21-24(28)26(15-17-7-4-3-5-8-17)16-18-13-19(10-11-22(18)29-21)25-23(27)14-20-9-6-12-30-20/h3-13,21H,2,14-16H2,1H3,(H,25,27)/t21-/m1/s1. The van der Waals surface area contributed by atoms with Crippen LogP contribution in [0.2, 0.25) is 0 Å². The number of carbonyl (C=O) groups is 2. The van der Waals surface area contributed by atoms with Gasteiger partial charge in [-0.2, -0.15) is 0 Å². The van der Waals surface area contributed by atoms with E-state index in [0.717, 1.165) is 16.0 Å². The molecule has 0 saturated carbocycles. The lowest BCUT2D eigenvalue weighted by Crippen LogP contribution is -2.38. The van der Waals surface area contributed by atoms with Crippen molar-refractivity contribution in [3.8, 4) is 5.75 Å². The van der Waals surface area contributed by atoms with Crippen LogP contribution in [-0.2, 0) is 29.1 Å². The fourth-order valence-electron chi connectivity index (χ4n) is 3.56. The van der Waals surface area contributed by atoms with Crippen LogP contribution in [-0.4, -0.2) is 22.8 Å². The Labute approximate surface area is 180 Å². The lowest BCUT2D eigenvalue weighted by atomic mass is 10.1. The first-order chi connectivity index (χ1) is 14.6. The van der Waals surface area contributed by atoms with Crippen molar-refractivity contribution in [2.45, 2.75) is 39.0 Å². The molecule has 0 spiro atoms. The summed E-state index contributed by atoms with van der Waals surface area (Å²) in [7, 11) is 0. The molecule has 1 N–H and O–H groups in total. The smallest absolute Gasteiger partial charge is 0.264 e. The number of carbonyl (C=O) groups excluding carboxylic acids is 2. The Morgan fingerprint density at radius 2 is 2.00 bits per heavy atom. The fourth-order valence-corrected chi connectivity index (χ4v) is 4.26. The molecule has 30 heavy (non-hydrogen) atoms. The highest BCUT2D eigenvalue weighted by molar-refractivity contribution is 7.10. The van der Waals surface area contributed by atoms with Crippen molar-refractivity contribution >= 4 is 28.8 Å². The highest BCUT2D eigenvalue weighted by atomic mass is 32.1. The number of thiophene rings is 1. The molecule has 5 nitrogen and oxygen atoms in total. The molecular formula is C24H24N2O3S. The van der Waals surface area contributed by atoms with Crippen molar-refractivity contribution < 1.29 is 14.3 Å². The van der Waals surface area contributed by atoms with Gasteiger partial charge in [0.25, 0.3) is 5.91 Å². The second-order valence-corrected chi connectivity index (χ2v) is 8.35. The number of anilines is 1. The molecule has 0 bridgehead atoms. The summed E-state index contributed by atoms with van der Waals surface area (Å²) in [5.41, 5.74) is 2.68. The maximum atomic E-state index is 13.0. The van der Waals surface area contributed by atoms with Gasteiger partial charge in [0, 0.05) is 29.2 Å². The SMILES string of the molecule is CC[C@H]1Oc2ccc(NC(=O)Cc3cccs3)cc2CN(Cc2ccccc2)C1=O. The summed E-state index contributed by atoms with van der Waals surface area (Å²) in [6, 6.07) is 19.4. The number of ether oxygens (including phenoxy) is 1. The van der Waals surface area contributed by atoms with Crippen LogP contribution in [0, 0.1) is 0 Å². The van der Waals surface area contributed by atoms with Gasteiger partial charge < -0.3 is 15.0 Å². The molecule has 1 aromatic heterocycles. The van der Waals surface area contributed by atoms with Crippen molar-refractivity contribution in [2.24, 2.45) is 0 Å². The minimum absolute atomic E-state index is 0.0131. The van der Waals surface area contributed by atoms with Gasteiger partial charge in [-0.3, -0.25) is 9.59 Å². The van der Waals surface area contributed by atoms with Crippen LogP contribution in [0.3, 0.4) is 0 Å². The summed E-state index contributed by atoms with van der Waals surface area (Å²) >= 11 is 1.57. The maximum absolute atomic E-state index is 13.0. The van der Waals surface area contributed by atoms with Crippen LogP contribution in [0.5, 0.6) is 5.75 Å². The molecule has 0 radical (unpaired) electrons. The van der Waals surface area contributed by atoms with E-state index in [0.29, 0.717) is 37.4 Å². The normalized spacial score (nSPS) is 15.8. The number of nitrogens with one attached hydrogen (secondary N) is 1. The van der Waals surface area contributed by atoms with Crippen LogP contribution >= 0.6 is 11.3 Å². The molecular weight excluding hydrogens is 396 g/mol. The lowest BCUT2D eigenvalue weighted by Gasteiger charge is -2.23. The van der Waals surface area contributed by atoms with Crippen LogP contribution in [0.15, 0.2) is 66.0 Å². The molecule has 0 aliphatic carbocycles. The molecule has 1 aliphatic rings. The first-order valence-electron chi connectivity index (χ1n) is 10.1. The zero-order valence-corrected chi connectivity index (χ0v) is 17.7. The Morgan fingerprint density at radius 1 is 1.17 bits per heavy atom. The van der Waals surface area contributed by atoms with Crippen molar-refractivity contribution in [3.63, 3.8) is 0 Å². The molecule has 3 aromatic rings. The third kappa shape index (κ3) is 4.71. The highest BCUT2D eigenvalue weighted by Gasteiger charge is 2.30. The fraction of sp³-hybridized carbons (Fsp3) is 0.250. The number of hydrogen-bond acceptors (Lipinski definition) is 4. The summed E-state index contributed by atoms with van der Waals surface area (Å²) in [6.07, 6.45) is 0.444. The summed E-state index contributed by atoms with van der Waals surface area (Å²) in [5.74, 6) is 0.624. The van der Waals surface area contributed by atoms with Gasteiger partial charge >= 0.3 is 0 Å². The van der Waals surface area contributed by atoms with Crippen molar-refractivity contribution in [1.29, 1.82) is 0 Å². The van der Waals surface area contributed by atoms with Gasteiger partial charge in [-0.05, 0) is 41.6 Å². The van der Waals surface area contributed by atoms with E-state index in [1.807, 2.05) is 77.9 Å². The maximum Gasteiger partial charge on any atom is 0.264 e. The number of fused-ring (bicyclic) bond motifs is 1. The lowest BCUT2D eigenvalue weighted by molar-refractivity contribution is -0.139. The average molecular weight is 421 g/mol. The Balaban J connectivity index is 1.54. The summed E-state index contributed by atoms with van der Waals surface area (Å²) < 4.78 is 6.03. The van der Waals surface area contributed by atoms with E-state index in [1.165, 1.54) is 0 Å². The zero-order valence-electron chi connectivity index (χ0n) is 16.8. The first-order valence-corrected chi connectivity index (χ1v) is 10.9. The van der Waals surface area contributed by atoms with E-state index in [9.17, 15) is 9.59 Å². The minimum Gasteiger partial charge on any atom is -0.480 e. The van der Waals surface area contributed by atoms with Gasteiger partial charge in [-0.15, -0.1) is 11.3 Å². The van der Waals surface area contributed by atoms with Gasteiger partial charge in [-0.1, -0.05) is 43.3 Å². The molecule has 2 amide bonds. The molecule has 154 valence electrons. The van der Waals surface area contributed by atoms with Crippen molar-refractivity contribution in [2.75, 3.05) is 5.32 Å². The number of benzene rings is 2. The number of nitrogens with zero attached hydrogens (tertiary/aromatic N) is 1. The van der Waals surface area contributed by atoms with Gasteiger partial charge in [0.15, 0.2) is 6.10 Å². The quantitative estimate of drug-likeness (QED) is 0.633. The minimum atomic E-state index is -0.505. The molecule has 2 aromatic carbocycles. The van der Waals surface area contributed by atoms with E-state index in [2.05, 4.69) is 5.32 Å². The largest absolute Gasteiger partial charge is 0.480 e. The second kappa shape index (κ2) is 9.13. The van der Waals surface area contributed by atoms with Crippen LogP contribution in [0.4, 0.5) is 5.69 Å². The van der Waals surface area contributed by atoms with Crippen LogP contribution < -0.4 is 10.1 Å². The number of hydrogen-bond donors (Lipinski definition) is 1. The number of amides is 2. The highest BCUT2D eigenvalue weighted by Crippen LogP contribution is 2.30.